The van der Waals surface area contributed by atoms with E-state index < -0.39 is 0 Å². The summed E-state index contributed by atoms with van der Waals surface area (Å²) >= 11 is 0. The van der Waals surface area contributed by atoms with Gasteiger partial charge >= 0.3 is 0 Å². The summed E-state index contributed by atoms with van der Waals surface area (Å²) in [6.07, 6.45) is 9.51. The van der Waals surface area contributed by atoms with Gasteiger partial charge in [0, 0.05) is 20.6 Å². The average molecular weight is 316 g/mol. The Hall–Kier alpha value is -1.86. The molecule has 2 unspecified atom stereocenters. The highest BCUT2D eigenvalue weighted by Crippen LogP contribution is 2.38. The molecule has 2 atom stereocenters. The molecular weight excluding hydrogens is 292 g/mol. The maximum Gasteiger partial charge on any atom is 0.0495 e. The van der Waals surface area contributed by atoms with E-state index in [1.54, 1.807) is 11.1 Å². The molecule has 0 spiro atoms. The molecular formula is C22H23Si. The summed E-state index contributed by atoms with van der Waals surface area (Å²) in [5.41, 5.74) is 5.96. The van der Waals surface area contributed by atoms with Gasteiger partial charge in [0.2, 0.25) is 0 Å². The van der Waals surface area contributed by atoms with Crippen molar-refractivity contribution in [3.63, 3.8) is 0 Å². The van der Waals surface area contributed by atoms with Crippen LogP contribution < -0.4 is 0 Å². The molecule has 0 N–H and O–H groups in total. The molecule has 2 aliphatic carbocycles. The summed E-state index contributed by atoms with van der Waals surface area (Å²) < 4.78 is 0. The van der Waals surface area contributed by atoms with E-state index in [0.29, 0.717) is 11.8 Å². The summed E-state index contributed by atoms with van der Waals surface area (Å²) in [6, 6.07) is 21.9. The van der Waals surface area contributed by atoms with E-state index >= 15 is 0 Å². The second-order valence-corrected chi connectivity index (χ2v) is 9.72. The van der Waals surface area contributed by atoms with Crippen LogP contribution in [0.5, 0.6) is 0 Å². The first-order valence-electron chi connectivity index (χ1n) is 8.73. The van der Waals surface area contributed by atoms with Crippen molar-refractivity contribution in [1.82, 2.24) is 0 Å². The summed E-state index contributed by atoms with van der Waals surface area (Å²) in [4.78, 5) is 0. The van der Waals surface area contributed by atoms with Crippen LogP contribution in [0.25, 0.3) is 12.2 Å². The van der Waals surface area contributed by atoms with Gasteiger partial charge in [-0.3, -0.25) is 0 Å². The first-order valence-corrected chi connectivity index (χ1v) is 10.8. The largest absolute Gasteiger partial charge is 0.0767 e. The molecule has 0 aliphatic heterocycles. The Morgan fingerprint density at radius 1 is 0.739 bits per heavy atom. The van der Waals surface area contributed by atoms with Gasteiger partial charge in [0.15, 0.2) is 0 Å². The van der Waals surface area contributed by atoms with Crippen LogP contribution in [-0.4, -0.2) is 8.80 Å². The normalized spacial score (nSPS) is 21.0. The lowest BCUT2D eigenvalue weighted by atomic mass is 10.0. The number of rotatable bonds is 5. The fourth-order valence-corrected chi connectivity index (χ4v) is 6.70. The molecule has 2 aromatic carbocycles. The number of hydrogen-bond donors (Lipinski definition) is 0. The van der Waals surface area contributed by atoms with Crippen molar-refractivity contribution in [2.75, 3.05) is 0 Å². The average Bonchev–Trinajstić information content (AvgIpc) is 3.19. The van der Waals surface area contributed by atoms with Gasteiger partial charge in [0.25, 0.3) is 0 Å². The van der Waals surface area contributed by atoms with Gasteiger partial charge in [-0.2, -0.15) is 0 Å². The number of hydrogen-bond acceptors (Lipinski definition) is 0. The highest BCUT2D eigenvalue weighted by Gasteiger charge is 2.25. The van der Waals surface area contributed by atoms with Crippen LogP contribution in [-0.2, 0) is 0 Å². The molecule has 0 saturated heterocycles. The quantitative estimate of drug-likeness (QED) is 0.583. The van der Waals surface area contributed by atoms with E-state index in [-0.39, 0.29) is 8.80 Å². The molecule has 0 bridgehead atoms. The first kappa shape index (κ1) is 14.7. The lowest BCUT2D eigenvalue weighted by molar-refractivity contribution is 0.911. The van der Waals surface area contributed by atoms with Gasteiger partial charge in [-0.05, 0) is 34.3 Å². The molecule has 2 aromatic rings. The second kappa shape index (κ2) is 6.33. The predicted octanol–water partition coefficient (Wildman–Crippen LogP) is 6.12. The summed E-state index contributed by atoms with van der Waals surface area (Å²) in [6.45, 7) is 2.39. The fraction of sp³-hybridized carbons (Fsp3) is 0.273. The van der Waals surface area contributed by atoms with E-state index in [2.05, 4.69) is 79.8 Å². The van der Waals surface area contributed by atoms with Crippen molar-refractivity contribution < 1.29 is 0 Å². The predicted molar refractivity (Wildman–Crippen MR) is 102 cm³/mol. The third-order valence-electron chi connectivity index (χ3n) is 5.32. The molecule has 0 nitrogen and oxygen atoms in total. The van der Waals surface area contributed by atoms with Gasteiger partial charge in [0.1, 0.15) is 0 Å². The van der Waals surface area contributed by atoms with E-state index in [1.165, 1.54) is 29.3 Å². The van der Waals surface area contributed by atoms with Gasteiger partial charge in [-0.25, -0.2) is 0 Å². The smallest absolute Gasteiger partial charge is 0.0495 e. The Bertz CT molecular complexity index is 693. The van der Waals surface area contributed by atoms with Gasteiger partial charge in [-0.15, -0.1) is 0 Å². The van der Waals surface area contributed by atoms with Crippen LogP contribution in [0.4, 0.5) is 0 Å². The highest BCUT2D eigenvalue weighted by molar-refractivity contribution is 6.59. The van der Waals surface area contributed by atoms with E-state index in [4.69, 9.17) is 0 Å². The zero-order chi connectivity index (χ0) is 15.6. The molecule has 0 aromatic heterocycles. The molecule has 2 aliphatic rings. The maximum absolute atomic E-state index is 2.43. The Kier molecular flexibility index (Phi) is 4.05. The van der Waals surface area contributed by atoms with Crippen molar-refractivity contribution >= 4 is 20.9 Å². The monoisotopic (exact) mass is 315 g/mol. The SMILES string of the molecule is CC[Si](CC1C=Cc2ccccc21)CC1C=Cc2ccccc21. The molecule has 115 valence electrons. The summed E-state index contributed by atoms with van der Waals surface area (Å²) in [5, 5.41) is 0. The van der Waals surface area contributed by atoms with Crippen molar-refractivity contribution in [2.45, 2.75) is 36.9 Å². The minimum absolute atomic E-state index is 0.336. The van der Waals surface area contributed by atoms with Crippen LogP contribution >= 0.6 is 0 Å². The van der Waals surface area contributed by atoms with Crippen LogP contribution in [0.2, 0.25) is 18.1 Å². The zero-order valence-corrected chi connectivity index (χ0v) is 14.7. The van der Waals surface area contributed by atoms with E-state index in [1.807, 2.05) is 0 Å². The molecule has 23 heavy (non-hydrogen) atoms. The molecule has 1 heteroatoms. The minimum atomic E-state index is -0.336. The van der Waals surface area contributed by atoms with Crippen molar-refractivity contribution in [2.24, 2.45) is 0 Å². The van der Waals surface area contributed by atoms with Crippen molar-refractivity contribution in [3.8, 4) is 0 Å². The van der Waals surface area contributed by atoms with Crippen LogP contribution in [0.15, 0.2) is 60.7 Å². The molecule has 0 fully saturated rings. The zero-order valence-electron chi connectivity index (χ0n) is 13.7. The van der Waals surface area contributed by atoms with Gasteiger partial charge < -0.3 is 0 Å². The Morgan fingerprint density at radius 3 is 1.70 bits per heavy atom. The molecule has 0 amide bonds. The lowest BCUT2D eigenvalue weighted by Gasteiger charge is -2.21. The summed E-state index contributed by atoms with van der Waals surface area (Å²) in [7, 11) is -0.336. The molecule has 0 saturated carbocycles. The standard InChI is InChI=1S/C22H23Si/c1-2-23(15-19-13-11-17-7-3-5-9-21(17)19)16-20-14-12-18-8-4-6-10-22(18)20/h3-14,19-20H,2,15-16H2,1H3. The molecule has 0 heterocycles. The highest BCUT2D eigenvalue weighted by atomic mass is 28.3. The van der Waals surface area contributed by atoms with Crippen LogP contribution in [0.3, 0.4) is 0 Å². The Morgan fingerprint density at radius 2 is 1.22 bits per heavy atom. The third-order valence-corrected chi connectivity index (χ3v) is 8.36. The van der Waals surface area contributed by atoms with Gasteiger partial charge in [0.05, 0.1) is 0 Å². The number of fused-ring (bicyclic) bond motifs is 2. The topological polar surface area (TPSA) is 0 Å². The van der Waals surface area contributed by atoms with E-state index in [9.17, 15) is 0 Å². The third kappa shape index (κ3) is 2.86. The lowest BCUT2D eigenvalue weighted by Crippen LogP contribution is -2.17. The number of benzene rings is 2. The number of allylic oxidation sites excluding steroid dienone is 2. The first-order chi connectivity index (χ1) is 11.3. The fourth-order valence-electron chi connectivity index (χ4n) is 4.00. The van der Waals surface area contributed by atoms with Crippen molar-refractivity contribution in [3.05, 3.63) is 82.9 Å². The van der Waals surface area contributed by atoms with Crippen molar-refractivity contribution in [1.29, 1.82) is 0 Å². The van der Waals surface area contributed by atoms with Crippen LogP contribution in [0, 0.1) is 0 Å². The Labute approximate surface area is 141 Å². The summed E-state index contributed by atoms with van der Waals surface area (Å²) in [5.74, 6) is 1.31. The molecule has 4 rings (SSSR count). The van der Waals surface area contributed by atoms with Gasteiger partial charge in [-0.1, -0.05) is 85.8 Å². The second-order valence-electron chi connectivity index (χ2n) is 6.70. The Balaban J connectivity index is 1.47. The van der Waals surface area contributed by atoms with E-state index in [0.717, 1.165) is 0 Å². The molecule has 1 radical (unpaired) electrons. The maximum atomic E-state index is 2.43. The van der Waals surface area contributed by atoms with Crippen LogP contribution in [0.1, 0.15) is 41.0 Å². The minimum Gasteiger partial charge on any atom is -0.0767 e.